The van der Waals surface area contributed by atoms with Gasteiger partial charge in [0.25, 0.3) is 0 Å². The highest BCUT2D eigenvalue weighted by molar-refractivity contribution is 6.09. The van der Waals surface area contributed by atoms with Crippen molar-refractivity contribution in [3.8, 4) is 34.1 Å². The highest BCUT2D eigenvalue weighted by Crippen LogP contribution is 2.39. The molecule has 0 unspecified atom stereocenters. The van der Waals surface area contributed by atoms with E-state index in [1.165, 1.54) is 55.4 Å². The van der Waals surface area contributed by atoms with Crippen molar-refractivity contribution in [3.05, 3.63) is 130 Å². The molecule has 0 aliphatic carbocycles. The van der Waals surface area contributed by atoms with Gasteiger partial charge in [-0.15, -0.1) is 0 Å². The normalized spacial score (nSPS) is 11.8. The van der Waals surface area contributed by atoms with E-state index in [-0.39, 0.29) is 0 Å². The van der Waals surface area contributed by atoms with Crippen LogP contribution in [0.5, 0.6) is 11.5 Å². The van der Waals surface area contributed by atoms with Crippen LogP contribution in [0.3, 0.4) is 0 Å². The van der Waals surface area contributed by atoms with Crippen LogP contribution in [0.1, 0.15) is 98.5 Å². The Kier molecular flexibility index (Phi) is 9.32. The lowest BCUT2D eigenvalue weighted by Crippen LogP contribution is -2.05. The van der Waals surface area contributed by atoms with E-state index in [2.05, 4.69) is 156 Å². The average molecular weight is 675 g/mol. The third-order valence-electron chi connectivity index (χ3n) is 10.2. The summed E-state index contributed by atoms with van der Waals surface area (Å²) in [4.78, 5) is 4.84. The summed E-state index contributed by atoms with van der Waals surface area (Å²) in [6, 6.07) is 30.5. The van der Waals surface area contributed by atoms with E-state index in [0.717, 1.165) is 59.0 Å². The number of hydrogen-bond acceptors (Lipinski definition) is 3. The number of rotatable bonds is 10. The fraction of sp³-hybridized carbons (Fsp3) is 0.304. The molecule has 0 N–H and O–H groups in total. The zero-order valence-corrected chi connectivity index (χ0v) is 31.6. The molecule has 0 fully saturated rings. The Labute approximate surface area is 302 Å². The summed E-state index contributed by atoms with van der Waals surface area (Å²) >= 11 is 0. The Balaban J connectivity index is 1.36. The SMILES string of the molecule is CCCCc1c(-c2c(C)cc(C)cc2C)c(C)nn1-c1cc(Oc2ccc3c4ccccc4n(-c4cc(C(C)C)ccn4)c3c2)cc(C(C)C)c1. The number of benzene rings is 4. The molecule has 4 aromatic carbocycles. The largest absolute Gasteiger partial charge is 0.457 e. The van der Waals surface area contributed by atoms with Crippen LogP contribution in [0, 0.1) is 27.7 Å². The van der Waals surface area contributed by atoms with Crippen molar-refractivity contribution in [2.75, 3.05) is 0 Å². The molecule has 0 aliphatic heterocycles. The van der Waals surface area contributed by atoms with E-state index in [1.807, 2.05) is 6.20 Å². The first-order valence-corrected chi connectivity index (χ1v) is 18.5. The maximum Gasteiger partial charge on any atom is 0.137 e. The van der Waals surface area contributed by atoms with E-state index in [1.54, 1.807) is 0 Å². The monoisotopic (exact) mass is 674 g/mol. The summed E-state index contributed by atoms with van der Waals surface area (Å²) in [6.07, 6.45) is 5.09. The van der Waals surface area contributed by atoms with Gasteiger partial charge in [-0.05, 0) is 123 Å². The molecule has 0 saturated carbocycles. The number of ether oxygens (including phenoxy) is 1. The van der Waals surface area contributed by atoms with E-state index < -0.39 is 0 Å². The van der Waals surface area contributed by atoms with Crippen molar-refractivity contribution in [2.24, 2.45) is 0 Å². The third-order valence-corrected chi connectivity index (χ3v) is 10.2. The summed E-state index contributed by atoms with van der Waals surface area (Å²) in [5, 5.41) is 7.62. The second kappa shape index (κ2) is 13.9. The van der Waals surface area contributed by atoms with E-state index in [4.69, 9.17) is 14.8 Å². The zero-order chi connectivity index (χ0) is 36.0. The van der Waals surface area contributed by atoms with Gasteiger partial charge < -0.3 is 4.74 Å². The summed E-state index contributed by atoms with van der Waals surface area (Å²) in [7, 11) is 0. The summed E-state index contributed by atoms with van der Waals surface area (Å²) in [5.74, 6) is 3.22. The Morgan fingerprint density at radius 2 is 1.41 bits per heavy atom. The van der Waals surface area contributed by atoms with Crippen molar-refractivity contribution in [2.45, 2.75) is 93.4 Å². The van der Waals surface area contributed by atoms with E-state index in [9.17, 15) is 0 Å². The molecule has 0 bridgehead atoms. The molecule has 3 heterocycles. The molecule has 5 nitrogen and oxygen atoms in total. The van der Waals surface area contributed by atoms with Gasteiger partial charge in [-0.25, -0.2) is 9.67 Å². The molecule has 260 valence electrons. The van der Waals surface area contributed by atoms with Crippen LogP contribution in [-0.4, -0.2) is 19.3 Å². The standard InChI is InChI=1S/C46H50N4O/c1-10-11-15-42-46(45-31(7)21-30(6)22-32(45)8)33(9)48-50(42)36-23-35(29(4)5)24-38(26-36)51-37-17-18-40-39-14-12-13-16-41(39)49(43(40)27-37)44-25-34(28(2)3)19-20-47-44/h12-14,16-29H,10-11,15H2,1-9H3. The highest BCUT2D eigenvalue weighted by atomic mass is 16.5. The fourth-order valence-corrected chi connectivity index (χ4v) is 7.70. The molecule has 0 saturated heterocycles. The number of aromatic nitrogens is 4. The second-order valence-electron chi connectivity index (χ2n) is 14.8. The summed E-state index contributed by atoms with van der Waals surface area (Å²) in [6.45, 7) is 20.0. The van der Waals surface area contributed by atoms with Gasteiger partial charge in [0.1, 0.15) is 17.3 Å². The number of fused-ring (bicyclic) bond motifs is 3. The summed E-state index contributed by atoms with van der Waals surface area (Å²) < 4.78 is 11.3. The lowest BCUT2D eigenvalue weighted by atomic mass is 9.91. The number of hydrogen-bond donors (Lipinski definition) is 0. The first kappa shape index (κ1) is 34.3. The predicted molar refractivity (Wildman–Crippen MR) is 213 cm³/mol. The van der Waals surface area contributed by atoms with Crippen LogP contribution in [-0.2, 0) is 6.42 Å². The smallest absolute Gasteiger partial charge is 0.137 e. The first-order chi connectivity index (χ1) is 24.5. The molecule has 51 heavy (non-hydrogen) atoms. The van der Waals surface area contributed by atoms with Gasteiger partial charge >= 0.3 is 0 Å². The maximum absolute atomic E-state index is 6.81. The minimum absolute atomic E-state index is 0.313. The van der Waals surface area contributed by atoms with Crippen LogP contribution in [0.25, 0.3) is 44.4 Å². The van der Waals surface area contributed by atoms with Crippen LogP contribution in [0.4, 0.5) is 0 Å². The number of pyridine rings is 1. The predicted octanol–water partition coefficient (Wildman–Crippen LogP) is 12.6. The van der Waals surface area contributed by atoms with Gasteiger partial charge in [0.15, 0.2) is 0 Å². The van der Waals surface area contributed by atoms with Crippen LogP contribution in [0.15, 0.2) is 91.1 Å². The zero-order valence-electron chi connectivity index (χ0n) is 31.6. The lowest BCUT2D eigenvalue weighted by Gasteiger charge is -2.17. The summed E-state index contributed by atoms with van der Waals surface area (Å²) in [5.41, 5.74) is 14.5. The topological polar surface area (TPSA) is 44.9 Å². The lowest BCUT2D eigenvalue weighted by molar-refractivity contribution is 0.481. The van der Waals surface area contributed by atoms with Gasteiger partial charge in [0.2, 0.25) is 0 Å². The van der Waals surface area contributed by atoms with Crippen molar-refractivity contribution in [1.82, 2.24) is 19.3 Å². The number of aryl methyl sites for hydroxylation is 4. The number of unbranched alkanes of at least 4 members (excludes halogenated alkanes) is 1. The first-order valence-electron chi connectivity index (χ1n) is 18.5. The van der Waals surface area contributed by atoms with Gasteiger partial charge in [0, 0.05) is 34.7 Å². The Morgan fingerprint density at radius 1 is 0.686 bits per heavy atom. The molecule has 3 aromatic heterocycles. The molecule has 0 atom stereocenters. The second-order valence-corrected chi connectivity index (χ2v) is 14.8. The van der Waals surface area contributed by atoms with Crippen molar-refractivity contribution < 1.29 is 4.74 Å². The number of para-hydroxylation sites is 1. The molecule has 5 heteroatoms. The van der Waals surface area contributed by atoms with E-state index >= 15 is 0 Å². The van der Waals surface area contributed by atoms with Crippen molar-refractivity contribution in [3.63, 3.8) is 0 Å². The molecule has 7 aromatic rings. The molecule has 7 rings (SSSR count). The molecule has 0 radical (unpaired) electrons. The van der Waals surface area contributed by atoms with Crippen molar-refractivity contribution in [1.29, 1.82) is 0 Å². The Morgan fingerprint density at radius 3 is 2.14 bits per heavy atom. The quantitative estimate of drug-likeness (QED) is 0.145. The third kappa shape index (κ3) is 6.46. The Hall–Kier alpha value is -5.16. The molecule has 0 aliphatic rings. The average Bonchev–Trinajstić information content (AvgIpc) is 3.60. The van der Waals surface area contributed by atoms with Gasteiger partial charge in [-0.3, -0.25) is 4.57 Å². The highest BCUT2D eigenvalue weighted by Gasteiger charge is 2.22. The maximum atomic E-state index is 6.81. The van der Waals surface area contributed by atoms with Gasteiger partial charge in [-0.1, -0.05) is 76.9 Å². The minimum atomic E-state index is 0.313. The number of nitrogens with zero attached hydrogens (tertiary/aromatic N) is 4. The van der Waals surface area contributed by atoms with Crippen LogP contribution < -0.4 is 4.74 Å². The molecule has 0 amide bonds. The minimum Gasteiger partial charge on any atom is -0.457 e. The van der Waals surface area contributed by atoms with Crippen molar-refractivity contribution >= 4 is 21.8 Å². The fourth-order valence-electron chi connectivity index (χ4n) is 7.70. The molecule has 0 spiro atoms. The van der Waals surface area contributed by atoms with Gasteiger partial charge in [0.05, 0.1) is 28.1 Å². The van der Waals surface area contributed by atoms with E-state index in [0.29, 0.717) is 11.8 Å². The van der Waals surface area contributed by atoms with Gasteiger partial charge in [-0.2, -0.15) is 5.10 Å². The molecular formula is C46H50N4O. The van der Waals surface area contributed by atoms with Crippen LogP contribution in [0.2, 0.25) is 0 Å². The Bertz CT molecular complexity index is 2370. The van der Waals surface area contributed by atoms with Crippen LogP contribution >= 0.6 is 0 Å². The molecular weight excluding hydrogens is 625 g/mol.